The van der Waals surface area contributed by atoms with Gasteiger partial charge in [0, 0.05) is 17.0 Å². The third kappa shape index (κ3) is 3.67. The lowest BCUT2D eigenvalue weighted by Gasteiger charge is -2.12. The molecule has 3 heterocycles. The lowest BCUT2D eigenvalue weighted by atomic mass is 10.1. The van der Waals surface area contributed by atoms with Crippen molar-refractivity contribution in [1.82, 2.24) is 19.3 Å². The molecule has 0 saturated carbocycles. The van der Waals surface area contributed by atoms with Crippen molar-refractivity contribution in [2.45, 2.75) is 41.2 Å². The van der Waals surface area contributed by atoms with Gasteiger partial charge in [0.05, 0.1) is 17.9 Å². The van der Waals surface area contributed by atoms with Crippen molar-refractivity contribution in [2.24, 2.45) is 0 Å². The molecule has 0 amide bonds. The van der Waals surface area contributed by atoms with Gasteiger partial charge in [-0.1, -0.05) is 35.4 Å². The molecular weight excluding hydrogens is 412 g/mol. The fourth-order valence-electron chi connectivity index (χ4n) is 4.31. The van der Waals surface area contributed by atoms with Crippen LogP contribution in [-0.2, 0) is 6.54 Å². The summed E-state index contributed by atoms with van der Waals surface area (Å²) in [5.41, 5.74) is 7.34. The molecule has 6 nitrogen and oxygen atoms in total. The summed E-state index contributed by atoms with van der Waals surface area (Å²) < 4.78 is 9.59. The van der Waals surface area contributed by atoms with Gasteiger partial charge in [0.25, 0.3) is 5.56 Å². The smallest absolute Gasteiger partial charge is 0.252 e. The van der Waals surface area contributed by atoms with E-state index in [1.165, 1.54) is 5.56 Å². The van der Waals surface area contributed by atoms with E-state index in [4.69, 9.17) is 14.5 Å². The molecule has 0 bridgehead atoms. The number of hydrogen-bond donors (Lipinski definition) is 0. The highest BCUT2D eigenvalue weighted by atomic mass is 16.4. The van der Waals surface area contributed by atoms with E-state index in [-0.39, 0.29) is 5.56 Å². The summed E-state index contributed by atoms with van der Waals surface area (Å²) in [6.45, 7) is 10.2. The first-order valence-corrected chi connectivity index (χ1v) is 11.0. The van der Waals surface area contributed by atoms with Crippen molar-refractivity contribution < 1.29 is 4.42 Å². The van der Waals surface area contributed by atoms with E-state index in [0.29, 0.717) is 18.2 Å². The van der Waals surface area contributed by atoms with Crippen molar-refractivity contribution in [3.63, 3.8) is 0 Å². The van der Waals surface area contributed by atoms with Crippen LogP contribution in [0.5, 0.6) is 0 Å². The van der Waals surface area contributed by atoms with Gasteiger partial charge in [0.1, 0.15) is 17.1 Å². The lowest BCUT2D eigenvalue weighted by molar-refractivity contribution is 0.537. The van der Waals surface area contributed by atoms with Crippen LogP contribution in [0.4, 0.5) is 0 Å². The molecule has 3 aromatic heterocycles. The van der Waals surface area contributed by atoms with Gasteiger partial charge in [-0.3, -0.25) is 9.36 Å². The van der Waals surface area contributed by atoms with Gasteiger partial charge in [-0.2, -0.15) is 5.10 Å². The van der Waals surface area contributed by atoms with Crippen LogP contribution < -0.4 is 5.56 Å². The average molecular weight is 439 g/mol. The standard InChI is InChI=1S/C27H26N4O2/c1-16-9-11-22(12-10-16)31-27-25(19(4)29-31)18(3)14-24(32)30(27)15-23-20(5)33-26(28-23)21-8-6-7-17(2)13-21/h6-14H,15H2,1-5H3. The van der Waals surface area contributed by atoms with Crippen LogP contribution in [0.2, 0.25) is 0 Å². The Morgan fingerprint density at radius 3 is 2.39 bits per heavy atom. The fraction of sp³-hybridized carbons (Fsp3) is 0.222. The molecule has 0 aliphatic heterocycles. The van der Waals surface area contributed by atoms with E-state index in [2.05, 4.69) is 6.92 Å². The second kappa shape index (κ2) is 7.89. The van der Waals surface area contributed by atoms with Crippen LogP contribution in [0.25, 0.3) is 28.2 Å². The number of aromatic nitrogens is 4. The van der Waals surface area contributed by atoms with Crippen LogP contribution in [-0.4, -0.2) is 19.3 Å². The molecule has 0 saturated heterocycles. The van der Waals surface area contributed by atoms with Crippen LogP contribution >= 0.6 is 0 Å². The topological polar surface area (TPSA) is 65.8 Å². The van der Waals surface area contributed by atoms with Gasteiger partial charge in [0.2, 0.25) is 5.89 Å². The predicted molar refractivity (Wildman–Crippen MR) is 130 cm³/mol. The molecule has 0 aliphatic rings. The predicted octanol–water partition coefficient (Wildman–Crippen LogP) is 5.43. The van der Waals surface area contributed by atoms with Gasteiger partial charge in [-0.15, -0.1) is 0 Å². The molecule has 0 atom stereocenters. The van der Waals surface area contributed by atoms with Crippen LogP contribution in [0.1, 0.15) is 33.8 Å². The molecule has 6 heteroatoms. The zero-order valence-corrected chi connectivity index (χ0v) is 19.5. The lowest BCUT2D eigenvalue weighted by Crippen LogP contribution is -2.23. The third-order valence-electron chi connectivity index (χ3n) is 6.04. The van der Waals surface area contributed by atoms with Gasteiger partial charge in [0.15, 0.2) is 0 Å². The summed E-state index contributed by atoms with van der Waals surface area (Å²) in [7, 11) is 0. The molecule has 0 fully saturated rings. The number of oxazole rings is 1. The first-order valence-electron chi connectivity index (χ1n) is 11.0. The number of nitrogens with zero attached hydrogens (tertiary/aromatic N) is 4. The molecule has 166 valence electrons. The quantitative estimate of drug-likeness (QED) is 0.375. The van der Waals surface area contributed by atoms with E-state index in [0.717, 1.165) is 44.8 Å². The molecule has 0 N–H and O–H groups in total. The van der Waals surface area contributed by atoms with E-state index < -0.39 is 0 Å². The Kier molecular flexibility index (Phi) is 5.01. The number of hydrogen-bond acceptors (Lipinski definition) is 4. The van der Waals surface area contributed by atoms with Gasteiger partial charge < -0.3 is 4.42 Å². The van der Waals surface area contributed by atoms with Gasteiger partial charge in [-0.25, -0.2) is 9.67 Å². The Balaban J connectivity index is 1.68. The van der Waals surface area contributed by atoms with Crippen molar-refractivity contribution in [2.75, 3.05) is 0 Å². The fourth-order valence-corrected chi connectivity index (χ4v) is 4.31. The maximum Gasteiger partial charge on any atom is 0.252 e. The van der Waals surface area contributed by atoms with E-state index in [1.807, 2.05) is 80.9 Å². The van der Waals surface area contributed by atoms with E-state index >= 15 is 0 Å². The number of fused-ring (bicyclic) bond motifs is 1. The van der Waals surface area contributed by atoms with Crippen LogP contribution in [0.15, 0.2) is 63.8 Å². The zero-order chi connectivity index (χ0) is 23.3. The maximum atomic E-state index is 13.2. The Morgan fingerprint density at radius 2 is 1.67 bits per heavy atom. The van der Waals surface area contributed by atoms with Gasteiger partial charge >= 0.3 is 0 Å². The molecule has 5 aromatic rings. The molecule has 2 aromatic carbocycles. The summed E-state index contributed by atoms with van der Waals surface area (Å²) >= 11 is 0. The van der Waals surface area contributed by atoms with Crippen molar-refractivity contribution >= 4 is 11.0 Å². The minimum absolute atomic E-state index is 0.0900. The van der Waals surface area contributed by atoms with Crippen molar-refractivity contribution in [3.05, 3.63) is 98.8 Å². The Hall–Kier alpha value is -3.93. The minimum atomic E-state index is -0.0900. The van der Waals surface area contributed by atoms with Crippen molar-refractivity contribution in [3.8, 4) is 17.1 Å². The minimum Gasteiger partial charge on any atom is -0.441 e. The Labute approximate surface area is 192 Å². The average Bonchev–Trinajstić information content (AvgIpc) is 3.32. The second-order valence-corrected chi connectivity index (χ2v) is 8.67. The largest absolute Gasteiger partial charge is 0.441 e. The number of benzene rings is 2. The highest BCUT2D eigenvalue weighted by Gasteiger charge is 2.20. The number of aryl methyl sites for hydroxylation is 5. The van der Waals surface area contributed by atoms with E-state index in [1.54, 1.807) is 10.6 Å². The van der Waals surface area contributed by atoms with E-state index in [9.17, 15) is 4.79 Å². The molecule has 5 rings (SSSR count). The van der Waals surface area contributed by atoms with Crippen molar-refractivity contribution in [1.29, 1.82) is 0 Å². The highest BCUT2D eigenvalue weighted by Crippen LogP contribution is 2.27. The zero-order valence-electron chi connectivity index (χ0n) is 19.5. The first-order chi connectivity index (χ1) is 15.8. The maximum absolute atomic E-state index is 13.2. The Morgan fingerprint density at radius 1 is 0.909 bits per heavy atom. The summed E-state index contributed by atoms with van der Waals surface area (Å²) in [5, 5.41) is 5.77. The molecule has 0 unspecified atom stereocenters. The monoisotopic (exact) mass is 438 g/mol. The van der Waals surface area contributed by atoms with Gasteiger partial charge in [-0.05, 0) is 64.4 Å². The first kappa shape index (κ1) is 20.9. The Bertz CT molecular complexity index is 1550. The number of rotatable bonds is 4. The summed E-state index contributed by atoms with van der Waals surface area (Å²) in [5.74, 6) is 1.26. The summed E-state index contributed by atoms with van der Waals surface area (Å²) in [4.78, 5) is 18.0. The SMILES string of the molecule is Cc1ccc(-n2nc(C)c3c(C)cc(=O)n(Cc4nc(-c5cccc(C)c5)oc4C)c32)cc1. The second-order valence-electron chi connectivity index (χ2n) is 8.67. The number of pyridine rings is 1. The summed E-state index contributed by atoms with van der Waals surface area (Å²) in [6, 6.07) is 17.9. The molecule has 0 aliphatic carbocycles. The molecule has 0 spiro atoms. The third-order valence-corrected chi connectivity index (χ3v) is 6.04. The molecular formula is C27H26N4O2. The normalized spacial score (nSPS) is 11.4. The summed E-state index contributed by atoms with van der Waals surface area (Å²) in [6.07, 6.45) is 0. The molecule has 0 radical (unpaired) electrons. The highest BCUT2D eigenvalue weighted by molar-refractivity contribution is 5.83. The van der Waals surface area contributed by atoms with Crippen LogP contribution in [0.3, 0.4) is 0 Å². The molecule has 33 heavy (non-hydrogen) atoms. The van der Waals surface area contributed by atoms with Crippen LogP contribution in [0, 0.1) is 34.6 Å².